The second kappa shape index (κ2) is 6.42. The van der Waals surface area contributed by atoms with Crippen LogP contribution in [-0.2, 0) is 6.54 Å². The molecule has 3 rings (SSSR count). The molecule has 0 bridgehead atoms. The average molecular weight is 318 g/mol. The molecular formula is C16H20ClN5. The lowest BCUT2D eigenvalue weighted by Crippen LogP contribution is -2.47. The van der Waals surface area contributed by atoms with Crippen molar-refractivity contribution in [3.63, 3.8) is 0 Å². The van der Waals surface area contributed by atoms with Gasteiger partial charge < -0.3 is 21.3 Å². The molecule has 2 heterocycles. The summed E-state index contributed by atoms with van der Waals surface area (Å²) < 4.78 is 0. The largest absolute Gasteiger partial charge is 0.398 e. The third-order valence-electron chi connectivity index (χ3n) is 4.06. The van der Waals surface area contributed by atoms with Gasteiger partial charge in [0.05, 0.1) is 11.9 Å². The third-order valence-corrected chi connectivity index (χ3v) is 4.28. The van der Waals surface area contributed by atoms with Gasteiger partial charge in [0.15, 0.2) is 0 Å². The number of nitrogens with zero attached hydrogens (tertiary/aromatic N) is 3. The van der Waals surface area contributed by atoms with Crippen LogP contribution in [0.4, 0.5) is 17.1 Å². The molecule has 4 N–H and O–H groups in total. The van der Waals surface area contributed by atoms with Crippen LogP contribution in [0.15, 0.2) is 36.7 Å². The highest BCUT2D eigenvalue weighted by atomic mass is 35.5. The molecule has 1 aromatic heterocycles. The summed E-state index contributed by atoms with van der Waals surface area (Å²) in [5, 5.41) is 0.652. The zero-order valence-corrected chi connectivity index (χ0v) is 13.1. The van der Waals surface area contributed by atoms with Gasteiger partial charge in [-0.05, 0) is 24.3 Å². The molecule has 0 saturated carbocycles. The molecule has 0 amide bonds. The summed E-state index contributed by atoms with van der Waals surface area (Å²) in [6.07, 6.45) is 3.69. The molecular weight excluding hydrogens is 298 g/mol. The lowest BCUT2D eigenvalue weighted by molar-refractivity contribution is 0.650. The van der Waals surface area contributed by atoms with Crippen molar-refractivity contribution in [1.82, 2.24) is 4.98 Å². The normalized spacial score (nSPS) is 15.2. The molecule has 5 nitrogen and oxygen atoms in total. The van der Waals surface area contributed by atoms with E-state index in [4.69, 9.17) is 23.1 Å². The smallest absolute Gasteiger partial charge is 0.0553 e. The Balaban J connectivity index is 1.77. The van der Waals surface area contributed by atoms with Gasteiger partial charge in [0.2, 0.25) is 0 Å². The van der Waals surface area contributed by atoms with Crippen LogP contribution >= 0.6 is 11.6 Å². The molecule has 116 valence electrons. The Labute approximate surface area is 135 Å². The highest BCUT2D eigenvalue weighted by Crippen LogP contribution is 2.31. The van der Waals surface area contributed by atoms with E-state index in [2.05, 4.69) is 20.9 Å². The maximum atomic E-state index is 6.16. The summed E-state index contributed by atoms with van der Waals surface area (Å²) in [5.41, 5.74) is 15.8. The maximum absolute atomic E-state index is 6.16. The molecule has 0 radical (unpaired) electrons. The van der Waals surface area contributed by atoms with Crippen molar-refractivity contribution in [3.05, 3.63) is 47.2 Å². The molecule has 0 atom stereocenters. The number of nitrogen functional groups attached to an aromatic ring is 1. The minimum Gasteiger partial charge on any atom is -0.398 e. The van der Waals surface area contributed by atoms with E-state index in [0.29, 0.717) is 17.3 Å². The van der Waals surface area contributed by atoms with Gasteiger partial charge in [-0.25, -0.2) is 0 Å². The molecule has 1 saturated heterocycles. The number of hydrogen-bond acceptors (Lipinski definition) is 5. The number of hydrogen-bond donors (Lipinski definition) is 2. The Morgan fingerprint density at radius 2 is 1.86 bits per heavy atom. The van der Waals surface area contributed by atoms with Crippen LogP contribution in [-0.4, -0.2) is 31.2 Å². The van der Waals surface area contributed by atoms with Crippen LogP contribution in [0.2, 0.25) is 5.02 Å². The molecule has 22 heavy (non-hydrogen) atoms. The van der Waals surface area contributed by atoms with E-state index in [-0.39, 0.29) is 0 Å². The number of piperazine rings is 1. The molecule has 1 aliphatic heterocycles. The lowest BCUT2D eigenvalue weighted by atomic mass is 10.1. The van der Waals surface area contributed by atoms with Gasteiger partial charge in [-0.2, -0.15) is 0 Å². The van der Waals surface area contributed by atoms with Crippen molar-refractivity contribution < 1.29 is 0 Å². The Kier molecular flexibility index (Phi) is 4.36. The van der Waals surface area contributed by atoms with Crippen molar-refractivity contribution in [3.8, 4) is 0 Å². The van der Waals surface area contributed by atoms with Gasteiger partial charge in [-0.3, -0.25) is 4.98 Å². The fourth-order valence-electron chi connectivity index (χ4n) is 2.89. The fourth-order valence-corrected chi connectivity index (χ4v) is 3.11. The summed E-state index contributed by atoms with van der Waals surface area (Å²) in [6.45, 7) is 4.09. The van der Waals surface area contributed by atoms with Crippen LogP contribution in [0.3, 0.4) is 0 Å². The molecule has 1 aromatic carbocycles. The van der Waals surface area contributed by atoms with Crippen LogP contribution in [0.25, 0.3) is 0 Å². The Morgan fingerprint density at radius 3 is 2.50 bits per heavy atom. The molecule has 1 fully saturated rings. The predicted octanol–water partition coefficient (Wildman–Crippen LogP) is 2.10. The van der Waals surface area contributed by atoms with Gasteiger partial charge in [0.1, 0.15) is 0 Å². The Hall–Kier alpha value is -1.98. The quantitative estimate of drug-likeness (QED) is 0.848. The Morgan fingerprint density at radius 1 is 1.14 bits per heavy atom. The summed E-state index contributed by atoms with van der Waals surface area (Å²) in [6, 6.07) is 7.77. The number of benzene rings is 1. The summed E-state index contributed by atoms with van der Waals surface area (Å²) >= 11 is 6.16. The summed E-state index contributed by atoms with van der Waals surface area (Å²) in [5.74, 6) is 0. The van der Waals surface area contributed by atoms with Crippen LogP contribution in [0.1, 0.15) is 5.56 Å². The second-order valence-corrected chi connectivity index (χ2v) is 5.82. The Bertz CT molecular complexity index is 638. The number of pyridine rings is 1. The van der Waals surface area contributed by atoms with Crippen molar-refractivity contribution in [1.29, 1.82) is 0 Å². The monoisotopic (exact) mass is 317 g/mol. The second-order valence-electron chi connectivity index (χ2n) is 5.38. The minimum absolute atomic E-state index is 0.418. The van der Waals surface area contributed by atoms with Crippen LogP contribution in [0.5, 0.6) is 0 Å². The molecule has 1 aliphatic rings. The minimum atomic E-state index is 0.418. The van der Waals surface area contributed by atoms with Crippen LogP contribution in [0, 0.1) is 0 Å². The molecule has 2 aromatic rings. The van der Waals surface area contributed by atoms with Crippen molar-refractivity contribution in [2.45, 2.75) is 6.54 Å². The highest BCUT2D eigenvalue weighted by Gasteiger charge is 2.20. The van der Waals surface area contributed by atoms with E-state index >= 15 is 0 Å². The third kappa shape index (κ3) is 2.96. The molecule has 6 heteroatoms. The van der Waals surface area contributed by atoms with E-state index in [1.165, 1.54) is 0 Å². The molecule has 0 aliphatic carbocycles. The van der Waals surface area contributed by atoms with Crippen LogP contribution < -0.4 is 21.3 Å². The number of anilines is 3. The zero-order chi connectivity index (χ0) is 15.5. The van der Waals surface area contributed by atoms with Gasteiger partial charge >= 0.3 is 0 Å². The van der Waals surface area contributed by atoms with Gasteiger partial charge in [0.25, 0.3) is 0 Å². The van der Waals surface area contributed by atoms with Gasteiger partial charge in [0, 0.05) is 60.9 Å². The van der Waals surface area contributed by atoms with E-state index in [1.807, 2.05) is 18.3 Å². The standard InChI is InChI=1S/C16H20ClN5/c17-12-8-15(19)14(10-18)16(9-12)22-6-4-21(5-7-22)13-2-1-3-20-11-13/h1-3,8-9,11H,4-7,10,18-19H2. The van der Waals surface area contributed by atoms with E-state index < -0.39 is 0 Å². The number of aromatic nitrogens is 1. The first-order valence-electron chi connectivity index (χ1n) is 7.37. The summed E-state index contributed by atoms with van der Waals surface area (Å²) in [7, 11) is 0. The van der Waals surface area contributed by atoms with Crippen molar-refractivity contribution >= 4 is 28.7 Å². The first-order valence-corrected chi connectivity index (χ1v) is 7.74. The number of nitrogens with two attached hydrogens (primary N) is 2. The summed E-state index contributed by atoms with van der Waals surface area (Å²) in [4.78, 5) is 8.82. The predicted molar refractivity (Wildman–Crippen MR) is 92.4 cm³/mol. The number of halogens is 1. The zero-order valence-electron chi connectivity index (χ0n) is 12.4. The van der Waals surface area contributed by atoms with Crippen molar-refractivity contribution in [2.24, 2.45) is 5.73 Å². The average Bonchev–Trinajstić information content (AvgIpc) is 2.55. The van der Waals surface area contributed by atoms with Gasteiger partial charge in [-0.15, -0.1) is 0 Å². The number of rotatable bonds is 3. The lowest BCUT2D eigenvalue weighted by Gasteiger charge is -2.38. The van der Waals surface area contributed by atoms with E-state index in [1.54, 1.807) is 12.3 Å². The maximum Gasteiger partial charge on any atom is 0.0553 e. The first-order chi connectivity index (χ1) is 10.7. The first kappa shape index (κ1) is 14.9. The fraction of sp³-hybridized carbons (Fsp3) is 0.312. The van der Waals surface area contributed by atoms with E-state index in [0.717, 1.165) is 43.1 Å². The van der Waals surface area contributed by atoms with Crippen molar-refractivity contribution in [2.75, 3.05) is 41.7 Å². The van der Waals surface area contributed by atoms with Gasteiger partial charge in [-0.1, -0.05) is 11.6 Å². The molecule has 0 spiro atoms. The van der Waals surface area contributed by atoms with E-state index in [9.17, 15) is 0 Å². The topological polar surface area (TPSA) is 71.4 Å². The SMILES string of the molecule is NCc1c(N)cc(Cl)cc1N1CCN(c2cccnc2)CC1. The molecule has 0 unspecified atom stereocenters. The highest BCUT2D eigenvalue weighted by molar-refractivity contribution is 6.31.